The van der Waals surface area contributed by atoms with Gasteiger partial charge >= 0.3 is 5.97 Å². The fraction of sp³-hybridized carbons (Fsp3) is 0.500. The quantitative estimate of drug-likeness (QED) is 0.606. The van der Waals surface area contributed by atoms with E-state index in [1.54, 1.807) is 6.08 Å². The van der Waals surface area contributed by atoms with E-state index in [1.165, 1.54) is 0 Å². The molecule has 0 spiro atoms. The first-order chi connectivity index (χ1) is 5.51. The molecule has 0 aliphatic heterocycles. The van der Waals surface area contributed by atoms with Crippen LogP contribution >= 0.6 is 0 Å². The largest absolute Gasteiger partial charge is 0.481 e. The van der Waals surface area contributed by atoms with Gasteiger partial charge in [0.05, 0.1) is 5.92 Å². The van der Waals surface area contributed by atoms with E-state index in [0.717, 1.165) is 0 Å². The first-order valence-corrected chi connectivity index (χ1v) is 4.11. The van der Waals surface area contributed by atoms with Crippen LogP contribution in [0.5, 0.6) is 0 Å². The Kier molecular flexibility index (Phi) is 2.36. The zero-order valence-corrected chi connectivity index (χ0v) is 7.45. The van der Waals surface area contributed by atoms with Crippen LogP contribution in [-0.2, 0) is 4.79 Å². The van der Waals surface area contributed by atoms with Gasteiger partial charge in [-0.1, -0.05) is 38.2 Å². The van der Waals surface area contributed by atoms with E-state index in [4.69, 9.17) is 5.11 Å². The molecule has 1 aliphatic carbocycles. The van der Waals surface area contributed by atoms with E-state index in [1.807, 2.05) is 18.2 Å². The molecule has 12 heavy (non-hydrogen) atoms. The van der Waals surface area contributed by atoms with Crippen molar-refractivity contribution in [1.29, 1.82) is 0 Å². The molecule has 0 unspecified atom stereocenters. The van der Waals surface area contributed by atoms with Crippen molar-refractivity contribution in [2.45, 2.75) is 20.3 Å². The fourth-order valence-electron chi connectivity index (χ4n) is 1.20. The van der Waals surface area contributed by atoms with Crippen LogP contribution in [0.4, 0.5) is 0 Å². The maximum atomic E-state index is 10.6. The molecule has 1 atom stereocenters. The van der Waals surface area contributed by atoms with Gasteiger partial charge in [-0.2, -0.15) is 0 Å². The van der Waals surface area contributed by atoms with Gasteiger partial charge in [0.2, 0.25) is 0 Å². The van der Waals surface area contributed by atoms with E-state index >= 15 is 0 Å². The summed E-state index contributed by atoms with van der Waals surface area (Å²) < 4.78 is 0. The number of carbonyl (C=O) groups is 1. The van der Waals surface area contributed by atoms with Gasteiger partial charge in [-0.25, -0.2) is 0 Å². The summed E-state index contributed by atoms with van der Waals surface area (Å²) in [5.41, 5.74) is 0.00417. The van der Waals surface area contributed by atoms with Crippen LogP contribution in [-0.4, -0.2) is 11.1 Å². The summed E-state index contributed by atoms with van der Waals surface area (Å²) in [6.07, 6.45) is 8.33. The minimum Gasteiger partial charge on any atom is -0.481 e. The van der Waals surface area contributed by atoms with E-state index in [9.17, 15) is 4.79 Å². The lowest BCUT2D eigenvalue weighted by Gasteiger charge is -2.12. The van der Waals surface area contributed by atoms with Crippen molar-refractivity contribution in [3.05, 3.63) is 24.3 Å². The molecule has 1 N–H and O–H groups in total. The minimum atomic E-state index is -0.742. The van der Waals surface area contributed by atoms with Crippen LogP contribution in [0.2, 0.25) is 0 Å². The second-order valence-electron chi connectivity index (χ2n) is 3.76. The Bertz CT molecular complexity index is 236. The second-order valence-corrected chi connectivity index (χ2v) is 3.76. The first kappa shape index (κ1) is 9.04. The third-order valence-corrected chi connectivity index (χ3v) is 2.01. The normalized spacial score (nSPS) is 26.7. The summed E-state index contributed by atoms with van der Waals surface area (Å²) in [5, 5.41) is 8.75. The third kappa shape index (κ3) is 2.22. The lowest BCUT2D eigenvalue weighted by atomic mass is 9.93. The summed E-state index contributed by atoms with van der Waals surface area (Å²) in [4.78, 5) is 10.6. The van der Waals surface area contributed by atoms with Gasteiger partial charge in [-0.05, 0) is 6.42 Å². The average Bonchev–Trinajstić information content (AvgIpc) is 2.10. The average molecular weight is 166 g/mol. The number of allylic oxidation sites excluding steroid dienone is 3. The molecular formula is C10H14O2. The first-order valence-electron chi connectivity index (χ1n) is 4.11. The highest BCUT2D eigenvalue weighted by molar-refractivity contribution is 5.72. The Hall–Kier alpha value is -1.05. The number of hydrogen-bond donors (Lipinski definition) is 1. The Morgan fingerprint density at radius 2 is 2.17 bits per heavy atom. The van der Waals surface area contributed by atoms with Crippen molar-refractivity contribution >= 4 is 5.97 Å². The van der Waals surface area contributed by atoms with Gasteiger partial charge in [0.25, 0.3) is 0 Å². The molecule has 0 aromatic heterocycles. The second kappa shape index (κ2) is 3.13. The summed E-state index contributed by atoms with van der Waals surface area (Å²) >= 11 is 0. The van der Waals surface area contributed by atoms with E-state index in [-0.39, 0.29) is 11.3 Å². The smallest absolute Gasteiger partial charge is 0.310 e. The highest BCUT2D eigenvalue weighted by atomic mass is 16.4. The lowest BCUT2D eigenvalue weighted by molar-refractivity contribution is -0.139. The molecule has 0 bridgehead atoms. The molecule has 0 radical (unpaired) electrons. The molecular weight excluding hydrogens is 152 g/mol. The maximum Gasteiger partial charge on any atom is 0.310 e. The third-order valence-electron chi connectivity index (χ3n) is 2.01. The van der Waals surface area contributed by atoms with Crippen molar-refractivity contribution < 1.29 is 9.90 Å². The van der Waals surface area contributed by atoms with Crippen LogP contribution in [0.15, 0.2) is 24.3 Å². The summed E-state index contributed by atoms with van der Waals surface area (Å²) in [6, 6.07) is 0. The minimum absolute atomic E-state index is 0.00417. The standard InChI is InChI=1S/C10H14O2/c1-10(2)6-3-4-8(5-7-10)9(11)12/h3,5-8H,4H2,1-2H3,(H,11,12)/t8-/m1/s1. The molecule has 0 aromatic carbocycles. The molecule has 0 aromatic rings. The molecule has 66 valence electrons. The summed E-state index contributed by atoms with van der Waals surface area (Å²) in [7, 11) is 0. The van der Waals surface area contributed by atoms with Crippen LogP contribution in [0.1, 0.15) is 20.3 Å². The van der Waals surface area contributed by atoms with Gasteiger partial charge in [-0.15, -0.1) is 0 Å². The number of carboxylic acid groups (broad SMARTS) is 1. The highest BCUT2D eigenvalue weighted by Gasteiger charge is 2.18. The van der Waals surface area contributed by atoms with Gasteiger partial charge in [0.1, 0.15) is 0 Å². The predicted octanol–water partition coefficient (Wildman–Crippen LogP) is 2.23. The molecule has 0 amide bonds. The van der Waals surface area contributed by atoms with Gasteiger partial charge in [-0.3, -0.25) is 4.79 Å². The maximum absolute atomic E-state index is 10.6. The Morgan fingerprint density at radius 3 is 2.75 bits per heavy atom. The molecule has 1 aliphatic rings. The lowest BCUT2D eigenvalue weighted by Crippen LogP contribution is -2.09. The van der Waals surface area contributed by atoms with Crippen LogP contribution in [0.25, 0.3) is 0 Å². The van der Waals surface area contributed by atoms with Gasteiger partial charge < -0.3 is 5.11 Å². The van der Waals surface area contributed by atoms with Crippen molar-refractivity contribution in [3.63, 3.8) is 0 Å². The predicted molar refractivity (Wildman–Crippen MR) is 47.8 cm³/mol. The van der Waals surface area contributed by atoms with E-state index in [2.05, 4.69) is 13.8 Å². The topological polar surface area (TPSA) is 37.3 Å². The van der Waals surface area contributed by atoms with Gasteiger partial charge in [0, 0.05) is 5.41 Å². The molecule has 2 heteroatoms. The zero-order valence-electron chi connectivity index (χ0n) is 7.45. The summed E-state index contributed by atoms with van der Waals surface area (Å²) in [5.74, 6) is -1.09. The number of aliphatic carboxylic acids is 1. The fourth-order valence-corrected chi connectivity index (χ4v) is 1.20. The Balaban J connectivity index is 2.79. The number of hydrogen-bond acceptors (Lipinski definition) is 1. The molecule has 0 saturated carbocycles. The van der Waals surface area contributed by atoms with E-state index in [0.29, 0.717) is 6.42 Å². The van der Waals surface area contributed by atoms with Crippen LogP contribution in [0, 0.1) is 11.3 Å². The van der Waals surface area contributed by atoms with Crippen molar-refractivity contribution in [3.8, 4) is 0 Å². The zero-order chi connectivity index (χ0) is 9.19. The van der Waals surface area contributed by atoms with Crippen molar-refractivity contribution in [2.75, 3.05) is 0 Å². The van der Waals surface area contributed by atoms with Crippen LogP contribution in [0.3, 0.4) is 0 Å². The van der Waals surface area contributed by atoms with Crippen molar-refractivity contribution in [2.24, 2.45) is 11.3 Å². The van der Waals surface area contributed by atoms with Crippen molar-refractivity contribution in [1.82, 2.24) is 0 Å². The summed E-state index contributed by atoms with van der Waals surface area (Å²) in [6.45, 7) is 4.12. The SMILES string of the molecule is CC1(C)C=CC[C@@H](C(=O)O)C=C1. The van der Waals surface area contributed by atoms with Gasteiger partial charge in [0.15, 0.2) is 0 Å². The number of carboxylic acids is 1. The molecule has 2 nitrogen and oxygen atoms in total. The molecule has 0 fully saturated rings. The molecule has 0 saturated heterocycles. The highest BCUT2D eigenvalue weighted by Crippen LogP contribution is 2.24. The van der Waals surface area contributed by atoms with E-state index < -0.39 is 5.97 Å². The molecule has 0 heterocycles. The van der Waals surface area contributed by atoms with Crippen LogP contribution < -0.4 is 0 Å². The molecule has 1 rings (SSSR count). The Morgan fingerprint density at radius 1 is 1.50 bits per heavy atom. The number of rotatable bonds is 1. The Labute approximate surface area is 72.6 Å². The monoisotopic (exact) mass is 166 g/mol.